The molecule has 158 valence electrons. The van der Waals surface area contributed by atoms with Crippen molar-refractivity contribution in [2.75, 3.05) is 19.7 Å². The number of fused-ring (bicyclic) bond motifs is 1. The summed E-state index contributed by atoms with van der Waals surface area (Å²) in [6.07, 6.45) is 5.16. The van der Waals surface area contributed by atoms with Crippen LogP contribution in [0.1, 0.15) is 24.8 Å². The predicted molar refractivity (Wildman–Crippen MR) is 127 cm³/mol. The normalized spacial score (nSPS) is 15.4. The van der Waals surface area contributed by atoms with Gasteiger partial charge in [0, 0.05) is 11.4 Å². The van der Waals surface area contributed by atoms with Crippen molar-refractivity contribution in [3.63, 3.8) is 0 Å². The van der Waals surface area contributed by atoms with E-state index in [2.05, 4.69) is 80.9 Å². The van der Waals surface area contributed by atoms with Crippen LogP contribution in [-0.4, -0.2) is 34.6 Å². The van der Waals surface area contributed by atoms with Crippen molar-refractivity contribution < 1.29 is 4.74 Å². The van der Waals surface area contributed by atoms with E-state index >= 15 is 0 Å². The molecule has 0 atom stereocenters. The number of nitrogens with zero attached hydrogens (tertiary/aromatic N) is 3. The van der Waals surface area contributed by atoms with Crippen molar-refractivity contribution in [2.45, 2.75) is 25.8 Å². The van der Waals surface area contributed by atoms with E-state index in [-0.39, 0.29) is 0 Å². The zero-order chi connectivity index (χ0) is 20.9. The molecule has 2 aromatic heterocycles. The highest BCUT2D eigenvalue weighted by Gasteiger charge is 2.19. The minimum absolute atomic E-state index is 0.699. The average Bonchev–Trinajstić information content (AvgIpc) is 3.36. The Labute approximate surface area is 187 Å². The second-order valence-electron chi connectivity index (χ2n) is 8.23. The van der Waals surface area contributed by atoms with E-state index in [1.807, 2.05) is 0 Å². The minimum Gasteiger partial charge on any atom is -0.477 e. The minimum atomic E-state index is 0.699. The third kappa shape index (κ3) is 4.94. The van der Waals surface area contributed by atoms with Gasteiger partial charge in [0.15, 0.2) is 0 Å². The summed E-state index contributed by atoms with van der Waals surface area (Å²) < 4.78 is 6.16. The predicted octanol–water partition coefficient (Wildman–Crippen LogP) is 6.04. The molecule has 0 bridgehead atoms. The van der Waals surface area contributed by atoms with Crippen LogP contribution in [0.3, 0.4) is 0 Å². The monoisotopic (exact) mass is 429 g/mol. The molecule has 0 spiro atoms. The first-order valence-corrected chi connectivity index (χ1v) is 11.9. The van der Waals surface area contributed by atoms with E-state index in [0.717, 1.165) is 29.8 Å². The molecule has 5 heteroatoms. The van der Waals surface area contributed by atoms with E-state index in [1.54, 1.807) is 17.7 Å². The molecule has 3 heterocycles. The fourth-order valence-electron chi connectivity index (χ4n) is 4.34. The van der Waals surface area contributed by atoms with Crippen LogP contribution in [0.15, 0.2) is 72.4 Å². The lowest BCUT2D eigenvalue weighted by molar-refractivity contribution is 0.157. The molecule has 1 aliphatic rings. The highest BCUT2D eigenvalue weighted by atomic mass is 32.1. The van der Waals surface area contributed by atoms with Gasteiger partial charge in [0.2, 0.25) is 5.88 Å². The van der Waals surface area contributed by atoms with Gasteiger partial charge < -0.3 is 4.74 Å². The summed E-state index contributed by atoms with van der Waals surface area (Å²) in [7, 11) is 0. The van der Waals surface area contributed by atoms with E-state index < -0.39 is 0 Å². The number of rotatable bonds is 7. The topological polar surface area (TPSA) is 38.2 Å². The van der Waals surface area contributed by atoms with Crippen molar-refractivity contribution in [1.29, 1.82) is 0 Å². The van der Waals surface area contributed by atoms with Crippen LogP contribution in [0, 0.1) is 5.92 Å². The summed E-state index contributed by atoms with van der Waals surface area (Å²) in [6, 6.07) is 21.3. The summed E-state index contributed by atoms with van der Waals surface area (Å²) in [5.74, 6) is 1.42. The van der Waals surface area contributed by atoms with Gasteiger partial charge in [0.05, 0.1) is 17.5 Å². The molecule has 31 heavy (non-hydrogen) atoms. The molecule has 0 aliphatic carbocycles. The van der Waals surface area contributed by atoms with Crippen LogP contribution < -0.4 is 4.74 Å². The Balaban J connectivity index is 1.16. The lowest BCUT2D eigenvalue weighted by Gasteiger charge is -2.32. The molecule has 4 nitrogen and oxygen atoms in total. The van der Waals surface area contributed by atoms with Gasteiger partial charge >= 0.3 is 0 Å². The third-order valence-electron chi connectivity index (χ3n) is 6.13. The van der Waals surface area contributed by atoms with E-state index in [1.165, 1.54) is 41.9 Å². The summed E-state index contributed by atoms with van der Waals surface area (Å²) in [5.41, 5.74) is 3.52. The van der Waals surface area contributed by atoms with E-state index in [9.17, 15) is 0 Å². The van der Waals surface area contributed by atoms with Gasteiger partial charge in [0.25, 0.3) is 0 Å². The summed E-state index contributed by atoms with van der Waals surface area (Å²) in [5, 5.41) is 3.09. The first-order chi connectivity index (χ1) is 15.3. The van der Waals surface area contributed by atoms with Crippen molar-refractivity contribution in [3.8, 4) is 16.3 Å². The Bertz CT molecular complexity index is 1110. The van der Waals surface area contributed by atoms with Gasteiger partial charge in [-0.3, -0.25) is 4.90 Å². The number of hydrogen-bond donors (Lipinski definition) is 0. The lowest BCUT2D eigenvalue weighted by Crippen LogP contribution is -2.33. The highest BCUT2D eigenvalue weighted by molar-refractivity contribution is 7.13. The first kappa shape index (κ1) is 20.2. The van der Waals surface area contributed by atoms with Crippen molar-refractivity contribution in [2.24, 2.45) is 5.92 Å². The maximum absolute atomic E-state index is 6.16. The molecule has 1 aliphatic heterocycles. The fraction of sp³-hybridized carbons (Fsp3) is 0.308. The second kappa shape index (κ2) is 9.58. The molecule has 4 aromatic rings. The SMILES string of the molecule is c1ccc(CN2CCC(CCOc3ncnc4ccc(-c5cccs5)cc34)CC2)cc1. The van der Waals surface area contributed by atoms with Crippen LogP contribution in [0.2, 0.25) is 0 Å². The van der Waals surface area contributed by atoms with Crippen LogP contribution in [-0.2, 0) is 6.54 Å². The largest absolute Gasteiger partial charge is 0.477 e. The Morgan fingerprint density at radius 2 is 1.84 bits per heavy atom. The van der Waals surface area contributed by atoms with Gasteiger partial charge in [-0.2, -0.15) is 0 Å². The zero-order valence-electron chi connectivity index (χ0n) is 17.6. The highest BCUT2D eigenvalue weighted by Crippen LogP contribution is 2.31. The number of aromatic nitrogens is 2. The molecule has 5 rings (SSSR count). The van der Waals surface area contributed by atoms with Crippen molar-refractivity contribution in [3.05, 3.63) is 77.9 Å². The van der Waals surface area contributed by atoms with Crippen LogP contribution in [0.25, 0.3) is 21.3 Å². The molecular weight excluding hydrogens is 402 g/mol. The number of ether oxygens (including phenoxy) is 1. The van der Waals surface area contributed by atoms with E-state index in [0.29, 0.717) is 12.5 Å². The quantitative estimate of drug-likeness (QED) is 0.359. The van der Waals surface area contributed by atoms with Crippen LogP contribution in [0.5, 0.6) is 5.88 Å². The Morgan fingerprint density at radius 3 is 2.65 bits per heavy atom. The Hall–Kier alpha value is -2.76. The maximum atomic E-state index is 6.16. The first-order valence-electron chi connectivity index (χ1n) is 11.0. The van der Waals surface area contributed by atoms with E-state index in [4.69, 9.17) is 4.74 Å². The van der Waals surface area contributed by atoms with Crippen molar-refractivity contribution >= 4 is 22.2 Å². The summed E-state index contributed by atoms with van der Waals surface area (Å²) in [6.45, 7) is 4.10. The molecular formula is C26H27N3OS. The molecule has 0 N–H and O–H groups in total. The zero-order valence-corrected chi connectivity index (χ0v) is 18.4. The van der Waals surface area contributed by atoms with Crippen LogP contribution in [0.4, 0.5) is 0 Å². The van der Waals surface area contributed by atoms with Gasteiger partial charge in [-0.05, 0) is 73.0 Å². The summed E-state index contributed by atoms with van der Waals surface area (Å²) >= 11 is 1.74. The van der Waals surface area contributed by atoms with Crippen LogP contribution >= 0.6 is 11.3 Å². The Kier molecular flexibility index (Phi) is 6.23. The van der Waals surface area contributed by atoms with Gasteiger partial charge in [-0.25, -0.2) is 9.97 Å². The molecule has 0 amide bonds. The number of piperidine rings is 1. The van der Waals surface area contributed by atoms with Crippen molar-refractivity contribution in [1.82, 2.24) is 14.9 Å². The fourth-order valence-corrected chi connectivity index (χ4v) is 5.07. The standard InChI is InChI=1S/C26H27N3OS/c1-2-5-21(6-3-1)18-29-13-10-20(11-14-29)12-15-30-26-23-17-22(25-7-4-16-31-25)8-9-24(23)27-19-28-26/h1-9,16-17,19-20H,10-15,18H2. The lowest BCUT2D eigenvalue weighted by atomic mass is 9.93. The molecule has 0 saturated carbocycles. The Morgan fingerprint density at radius 1 is 0.968 bits per heavy atom. The molecule has 1 fully saturated rings. The molecule has 2 aromatic carbocycles. The van der Waals surface area contributed by atoms with Gasteiger partial charge in [-0.15, -0.1) is 11.3 Å². The molecule has 0 radical (unpaired) electrons. The van der Waals surface area contributed by atoms with Gasteiger partial charge in [0.1, 0.15) is 6.33 Å². The second-order valence-corrected chi connectivity index (χ2v) is 9.18. The number of likely N-dealkylation sites (tertiary alicyclic amines) is 1. The number of benzene rings is 2. The van der Waals surface area contributed by atoms with Gasteiger partial charge in [-0.1, -0.05) is 42.5 Å². The maximum Gasteiger partial charge on any atom is 0.224 e. The smallest absolute Gasteiger partial charge is 0.224 e. The molecule has 1 saturated heterocycles. The summed E-state index contributed by atoms with van der Waals surface area (Å²) in [4.78, 5) is 12.7. The average molecular weight is 430 g/mol. The third-order valence-corrected chi connectivity index (χ3v) is 7.04. The number of thiophene rings is 1. The molecule has 0 unspecified atom stereocenters. The number of hydrogen-bond acceptors (Lipinski definition) is 5.